The summed E-state index contributed by atoms with van der Waals surface area (Å²) in [5.74, 6) is 0. The van der Waals surface area contributed by atoms with Gasteiger partial charge in [-0.2, -0.15) is 0 Å². The lowest BCUT2D eigenvalue weighted by Crippen LogP contribution is -2.20. The molecule has 0 saturated carbocycles. The molecule has 0 aliphatic carbocycles. The van der Waals surface area contributed by atoms with Gasteiger partial charge in [0.15, 0.2) is 0 Å². The predicted octanol–water partition coefficient (Wildman–Crippen LogP) is 5.63. The number of benzene rings is 1. The Balaban J connectivity index is 2.57. The maximum Gasteiger partial charge on any atom is 0.358 e. The molecule has 1 heterocycles. The molecule has 0 amide bonds. The van der Waals surface area contributed by atoms with Gasteiger partial charge in [0.05, 0.1) is 12.2 Å². The van der Waals surface area contributed by atoms with Crippen LogP contribution >= 0.6 is 7.60 Å². The highest BCUT2D eigenvalue weighted by Gasteiger charge is 2.48. The fraction of sp³-hybridized carbons (Fsp3) is 0.529. The van der Waals surface area contributed by atoms with Crippen molar-refractivity contribution in [3.05, 3.63) is 41.2 Å². The van der Waals surface area contributed by atoms with Crippen LogP contribution in [0, 0.1) is 0 Å². The van der Waals surface area contributed by atoms with Crippen molar-refractivity contribution in [3.63, 3.8) is 0 Å². The third kappa shape index (κ3) is 3.31. The molecule has 116 valence electrons. The average molecular weight is 308 g/mol. The molecule has 2 rings (SSSR count). The van der Waals surface area contributed by atoms with E-state index in [0.29, 0.717) is 6.61 Å². The van der Waals surface area contributed by atoms with Gasteiger partial charge >= 0.3 is 7.60 Å². The smallest absolute Gasteiger partial charge is 0.306 e. The maximum absolute atomic E-state index is 13.1. The molecule has 0 spiro atoms. The first kappa shape index (κ1) is 16.5. The Kier molecular flexibility index (Phi) is 5.08. The number of hydrogen-bond acceptors (Lipinski definition) is 3. The number of allylic oxidation sites excluding steroid dienone is 1. The molecular formula is C17H25O3P. The van der Waals surface area contributed by atoms with Crippen LogP contribution in [0.15, 0.2) is 35.6 Å². The molecule has 1 aliphatic heterocycles. The van der Waals surface area contributed by atoms with Gasteiger partial charge in [0, 0.05) is 10.9 Å². The van der Waals surface area contributed by atoms with Crippen LogP contribution < -0.4 is 0 Å². The van der Waals surface area contributed by atoms with Crippen molar-refractivity contribution in [1.29, 1.82) is 0 Å². The third-order valence-corrected chi connectivity index (χ3v) is 6.10. The van der Waals surface area contributed by atoms with Gasteiger partial charge in [0.25, 0.3) is 0 Å². The lowest BCUT2D eigenvalue weighted by atomic mass is 9.90. The third-order valence-electron chi connectivity index (χ3n) is 3.70. The first-order valence-corrected chi connectivity index (χ1v) is 9.24. The van der Waals surface area contributed by atoms with Gasteiger partial charge in [-0.25, -0.2) is 0 Å². The van der Waals surface area contributed by atoms with Crippen LogP contribution in [-0.2, 0) is 13.6 Å². The fourth-order valence-electron chi connectivity index (χ4n) is 2.89. The quantitative estimate of drug-likeness (QED) is 0.639. The topological polar surface area (TPSA) is 35.5 Å². The summed E-state index contributed by atoms with van der Waals surface area (Å²) in [6.45, 7) is 8.33. The zero-order valence-electron chi connectivity index (χ0n) is 13.4. The lowest BCUT2D eigenvalue weighted by molar-refractivity contribution is 0.142. The van der Waals surface area contributed by atoms with E-state index >= 15 is 0 Å². The van der Waals surface area contributed by atoms with Crippen LogP contribution in [0.2, 0.25) is 0 Å². The minimum atomic E-state index is -3.17. The Morgan fingerprint density at radius 2 is 1.86 bits per heavy atom. The van der Waals surface area contributed by atoms with Crippen molar-refractivity contribution in [2.24, 2.45) is 0 Å². The van der Waals surface area contributed by atoms with Gasteiger partial charge in [-0.15, -0.1) is 0 Å². The van der Waals surface area contributed by atoms with E-state index in [-0.39, 0.29) is 0 Å². The minimum Gasteiger partial charge on any atom is -0.306 e. The Morgan fingerprint density at radius 1 is 1.19 bits per heavy atom. The van der Waals surface area contributed by atoms with E-state index in [2.05, 4.69) is 6.92 Å². The molecule has 21 heavy (non-hydrogen) atoms. The van der Waals surface area contributed by atoms with Crippen molar-refractivity contribution >= 4 is 13.2 Å². The summed E-state index contributed by atoms with van der Waals surface area (Å²) in [6, 6.07) is 10.1. The second-order valence-corrected chi connectivity index (χ2v) is 7.78. The van der Waals surface area contributed by atoms with E-state index in [0.717, 1.165) is 35.7 Å². The maximum atomic E-state index is 13.1. The Hall–Kier alpha value is -0.890. The van der Waals surface area contributed by atoms with Crippen LogP contribution in [0.25, 0.3) is 5.57 Å². The van der Waals surface area contributed by atoms with E-state index in [9.17, 15) is 4.57 Å². The van der Waals surface area contributed by atoms with E-state index in [1.807, 2.05) is 51.1 Å². The molecule has 1 aromatic carbocycles. The van der Waals surface area contributed by atoms with Crippen LogP contribution in [0.5, 0.6) is 0 Å². The molecule has 1 atom stereocenters. The molecule has 4 heteroatoms. The van der Waals surface area contributed by atoms with E-state index in [1.54, 1.807) is 0 Å². The van der Waals surface area contributed by atoms with Crippen molar-refractivity contribution in [2.45, 2.75) is 52.6 Å². The summed E-state index contributed by atoms with van der Waals surface area (Å²) in [7, 11) is -3.17. The van der Waals surface area contributed by atoms with Crippen LogP contribution in [0.3, 0.4) is 0 Å². The molecule has 1 aliphatic rings. The zero-order chi connectivity index (χ0) is 15.5. The number of rotatable bonds is 6. The summed E-state index contributed by atoms with van der Waals surface area (Å²) in [5.41, 5.74) is 1.52. The average Bonchev–Trinajstić information content (AvgIpc) is 2.63. The summed E-state index contributed by atoms with van der Waals surface area (Å²) in [4.78, 5) is 0. The molecule has 0 N–H and O–H groups in total. The van der Waals surface area contributed by atoms with Gasteiger partial charge in [0.2, 0.25) is 0 Å². The summed E-state index contributed by atoms with van der Waals surface area (Å²) < 4.78 is 24.6. The molecule has 1 unspecified atom stereocenters. The second-order valence-electron chi connectivity index (χ2n) is 5.81. The van der Waals surface area contributed by atoms with Crippen molar-refractivity contribution in [1.82, 2.24) is 0 Å². The van der Waals surface area contributed by atoms with Crippen LogP contribution in [-0.4, -0.2) is 12.2 Å². The molecule has 0 bridgehead atoms. The zero-order valence-corrected chi connectivity index (χ0v) is 14.3. The van der Waals surface area contributed by atoms with Crippen LogP contribution in [0.4, 0.5) is 0 Å². The highest BCUT2D eigenvalue weighted by Crippen LogP contribution is 2.69. The monoisotopic (exact) mass is 308 g/mol. The van der Waals surface area contributed by atoms with Gasteiger partial charge in [-0.1, -0.05) is 43.7 Å². The van der Waals surface area contributed by atoms with Crippen LogP contribution in [0.1, 0.15) is 52.5 Å². The highest BCUT2D eigenvalue weighted by molar-refractivity contribution is 7.59. The SMILES string of the molecule is CCCCC1=C(c2ccccc2)C(C)(C)OP1(=O)OCC. The van der Waals surface area contributed by atoms with E-state index < -0.39 is 13.2 Å². The molecule has 0 fully saturated rings. The number of hydrogen-bond donors (Lipinski definition) is 0. The molecule has 3 nitrogen and oxygen atoms in total. The van der Waals surface area contributed by atoms with Crippen molar-refractivity contribution in [2.75, 3.05) is 6.61 Å². The Labute approximate surface area is 127 Å². The molecule has 0 radical (unpaired) electrons. The van der Waals surface area contributed by atoms with Gasteiger partial charge in [-0.05, 0) is 39.2 Å². The Morgan fingerprint density at radius 3 is 2.43 bits per heavy atom. The van der Waals surface area contributed by atoms with Gasteiger partial charge < -0.3 is 4.52 Å². The lowest BCUT2D eigenvalue weighted by Gasteiger charge is -2.23. The largest absolute Gasteiger partial charge is 0.358 e. The standard InChI is InChI=1S/C17H25O3P/c1-5-7-13-15-16(14-11-9-8-10-12-14)17(3,4)20-21(15,18)19-6-2/h8-12H,5-7,13H2,1-4H3. The van der Waals surface area contributed by atoms with Gasteiger partial charge in [0.1, 0.15) is 0 Å². The molecule has 0 saturated heterocycles. The molecule has 0 aromatic heterocycles. The summed E-state index contributed by atoms with van der Waals surface area (Å²) in [5, 5.41) is 0.863. The molecular weight excluding hydrogens is 283 g/mol. The van der Waals surface area contributed by atoms with Crippen molar-refractivity contribution < 1.29 is 13.6 Å². The number of unbranched alkanes of at least 4 members (excludes halogenated alkanes) is 1. The fourth-order valence-corrected chi connectivity index (χ4v) is 5.34. The van der Waals surface area contributed by atoms with E-state index in [1.165, 1.54) is 0 Å². The second kappa shape index (κ2) is 6.48. The minimum absolute atomic E-state index is 0.394. The van der Waals surface area contributed by atoms with Gasteiger partial charge in [-0.3, -0.25) is 9.09 Å². The summed E-state index contributed by atoms with van der Waals surface area (Å²) in [6.07, 6.45) is 2.81. The predicted molar refractivity (Wildman–Crippen MR) is 87.3 cm³/mol. The Bertz CT molecular complexity index is 561. The first-order chi connectivity index (χ1) is 9.94. The van der Waals surface area contributed by atoms with E-state index in [4.69, 9.17) is 9.05 Å². The highest BCUT2D eigenvalue weighted by atomic mass is 31.2. The normalized spacial score (nSPS) is 24.6. The summed E-state index contributed by atoms with van der Waals surface area (Å²) >= 11 is 0. The van der Waals surface area contributed by atoms with Crippen molar-refractivity contribution in [3.8, 4) is 0 Å². The first-order valence-electron chi connectivity index (χ1n) is 7.69. The molecule has 1 aromatic rings.